The summed E-state index contributed by atoms with van der Waals surface area (Å²) in [4.78, 5) is 13.6. The number of nitrogens with one attached hydrogen (secondary N) is 1. The first-order valence-electron chi connectivity index (χ1n) is 8.61. The number of nitrogens with zero attached hydrogens (tertiary/aromatic N) is 1. The van der Waals surface area contributed by atoms with Crippen LogP contribution in [-0.2, 0) is 5.75 Å². The number of aromatic nitrogens is 1. The molecule has 0 atom stereocenters. The maximum Gasteiger partial charge on any atom is 0.252 e. The Labute approximate surface area is 165 Å². The lowest BCUT2D eigenvalue weighted by atomic mass is 9.94. The second-order valence-electron chi connectivity index (χ2n) is 6.34. The van der Waals surface area contributed by atoms with Gasteiger partial charge in [-0.3, -0.25) is 4.79 Å². The molecule has 0 aliphatic carbocycles. The second-order valence-corrected chi connectivity index (χ2v) is 7.36. The summed E-state index contributed by atoms with van der Waals surface area (Å²) >= 11 is 1.61. The Balaban J connectivity index is 0.00000338. The Morgan fingerprint density at radius 3 is 2.50 bits per heavy atom. The number of thioether (sulfide) groups is 1. The van der Waals surface area contributed by atoms with E-state index < -0.39 is 0 Å². The van der Waals surface area contributed by atoms with Gasteiger partial charge in [0, 0.05) is 28.3 Å². The number of amides is 1. The molecule has 0 fully saturated rings. The molecule has 1 aromatic heterocycles. The molecule has 5 nitrogen and oxygen atoms in total. The van der Waals surface area contributed by atoms with Crippen molar-refractivity contribution in [1.82, 2.24) is 10.5 Å². The highest BCUT2D eigenvalue weighted by atomic mass is 35.5. The largest absolute Gasteiger partial charge is 0.361 e. The van der Waals surface area contributed by atoms with E-state index >= 15 is 0 Å². The van der Waals surface area contributed by atoms with Gasteiger partial charge in [0.25, 0.3) is 5.91 Å². The van der Waals surface area contributed by atoms with Crippen molar-refractivity contribution in [2.75, 3.05) is 6.54 Å². The highest BCUT2D eigenvalue weighted by molar-refractivity contribution is 7.98. The van der Waals surface area contributed by atoms with Crippen molar-refractivity contribution in [3.63, 3.8) is 0 Å². The number of benzene rings is 1. The molecule has 0 aliphatic heterocycles. The van der Waals surface area contributed by atoms with E-state index in [0.717, 1.165) is 40.5 Å². The fourth-order valence-electron chi connectivity index (χ4n) is 2.49. The summed E-state index contributed by atoms with van der Waals surface area (Å²) in [6.07, 6.45) is 1.65. The van der Waals surface area contributed by atoms with Gasteiger partial charge in [0.05, 0.1) is 11.3 Å². The van der Waals surface area contributed by atoms with Gasteiger partial charge >= 0.3 is 0 Å². The first-order valence-corrected chi connectivity index (χ1v) is 9.59. The Bertz CT molecular complexity index is 710. The predicted molar refractivity (Wildman–Crippen MR) is 109 cm³/mol. The van der Waals surface area contributed by atoms with Crippen molar-refractivity contribution in [3.8, 4) is 0 Å². The molecule has 1 aromatic carbocycles. The quantitative estimate of drug-likeness (QED) is 0.650. The number of carbonyl (C=O) groups is 1. The van der Waals surface area contributed by atoms with E-state index in [9.17, 15) is 4.79 Å². The number of hydrogen-bond donors (Lipinski definition) is 2. The molecule has 144 valence electrons. The predicted octanol–water partition coefficient (Wildman–Crippen LogP) is 4.25. The maximum absolute atomic E-state index is 12.6. The normalized spacial score (nSPS) is 11.1. The summed E-state index contributed by atoms with van der Waals surface area (Å²) in [5, 5.41) is 6.97. The molecule has 7 heteroatoms. The van der Waals surface area contributed by atoms with Crippen LogP contribution in [-0.4, -0.2) is 23.1 Å². The van der Waals surface area contributed by atoms with Crippen LogP contribution in [0.25, 0.3) is 0 Å². The van der Waals surface area contributed by atoms with E-state index in [2.05, 4.69) is 10.5 Å². The van der Waals surface area contributed by atoms with Gasteiger partial charge in [-0.1, -0.05) is 31.1 Å². The van der Waals surface area contributed by atoms with Crippen molar-refractivity contribution >= 4 is 30.1 Å². The number of hydrogen-bond acceptors (Lipinski definition) is 5. The highest BCUT2D eigenvalue weighted by Gasteiger charge is 2.22. The van der Waals surface area contributed by atoms with Gasteiger partial charge in [0.1, 0.15) is 5.76 Å². The smallest absolute Gasteiger partial charge is 0.252 e. The highest BCUT2D eigenvalue weighted by Crippen LogP contribution is 2.28. The molecule has 2 rings (SSSR count). The third-order valence-corrected chi connectivity index (χ3v) is 5.79. The van der Waals surface area contributed by atoms with Gasteiger partial charge in [-0.15, -0.1) is 24.2 Å². The van der Waals surface area contributed by atoms with Crippen molar-refractivity contribution in [2.24, 2.45) is 5.73 Å². The Morgan fingerprint density at radius 2 is 1.92 bits per heavy atom. The molecule has 0 aliphatic rings. The van der Waals surface area contributed by atoms with Crippen molar-refractivity contribution < 1.29 is 9.32 Å². The van der Waals surface area contributed by atoms with E-state index in [1.165, 1.54) is 0 Å². The first kappa shape index (κ1) is 22.5. The number of aryl methyl sites for hydroxylation is 2. The zero-order valence-electron chi connectivity index (χ0n) is 15.8. The van der Waals surface area contributed by atoms with E-state index in [1.54, 1.807) is 11.8 Å². The minimum Gasteiger partial charge on any atom is -0.361 e. The molecule has 0 saturated carbocycles. The lowest BCUT2D eigenvalue weighted by molar-refractivity contribution is 0.0939. The van der Waals surface area contributed by atoms with Crippen LogP contribution in [0.2, 0.25) is 0 Å². The second kappa shape index (κ2) is 10.00. The van der Waals surface area contributed by atoms with E-state index in [0.29, 0.717) is 12.1 Å². The van der Waals surface area contributed by atoms with Gasteiger partial charge in [-0.25, -0.2) is 0 Å². The van der Waals surface area contributed by atoms with Crippen LogP contribution in [0.3, 0.4) is 0 Å². The minimum absolute atomic E-state index is 0. The van der Waals surface area contributed by atoms with Crippen LogP contribution < -0.4 is 11.1 Å². The minimum atomic E-state index is -0.353. The molecular weight excluding hydrogens is 370 g/mol. The standard InChI is InChI=1S/C19H27N3O2S.ClH/c1-5-19(20,6-2)12-21-18(23)15-9-7-8-10-17(15)25-11-16-13(3)22-24-14(16)4;/h7-10H,5-6,11-12,20H2,1-4H3,(H,21,23);1H. The summed E-state index contributed by atoms with van der Waals surface area (Å²) in [5.74, 6) is 1.46. The molecule has 1 amide bonds. The molecule has 0 saturated heterocycles. The summed E-state index contributed by atoms with van der Waals surface area (Å²) < 4.78 is 5.21. The molecule has 1 heterocycles. The van der Waals surface area contributed by atoms with Gasteiger partial charge in [-0.2, -0.15) is 0 Å². The summed E-state index contributed by atoms with van der Waals surface area (Å²) in [6.45, 7) is 8.40. The Morgan fingerprint density at radius 1 is 1.27 bits per heavy atom. The average molecular weight is 398 g/mol. The third-order valence-electron chi connectivity index (χ3n) is 4.69. The molecule has 26 heavy (non-hydrogen) atoms. The molecule has 0 spiro atoms. The van der Waals surface area contributed by atoms with Crippen LogP contribution in [0, 0.1) is 13.8 Å². The van der Waals surface area contributed by atoms with Crippen LogP contribution in [0.5, 0.6) is 0 Å². The number of nitrogens with two attached hydrogens (primary N) is 1. The number of carbonyl (C=O) groups excluding carboxylic acids is 1. The number of rotatable bonds is 8. The zero-order valence-corrected chi connectivity index (χ0v) is 17.4. The van der Waals surface area contributed by atoms with Crippen LogP contribution >= 0.6 is 24.2 Å². The third kappa shape index (κ3) is 5.50. The van der Waals surface area contributed by atoms with Crippen LogP contribution in [0.4, 0.5) is 0 Å². The van der Waals surface area contributed by atoms with Gasteiger partial charge < -0.3 is 15.6 Å². The first-order chi connectivity index (χ1) is 11.9. The topological polar surface area (TPSA) is 81.1 Å². The lowest BCUT2D eigenvalue weighted by Gasteiger charge is -2.27. The van der Waals surface area contributed by atoms with E-state index in [-0.39, 0.29) is 23.9 Å². The zero-order chi connectivity index (χ0) is 18.4. The van der Waals surface area contributed by atoms with Crippen molar-refractivity contribution in [3.05, 3.63) is 46.8 Å². The molecule has 0 bridgehead atoms. The van der Waals surface area contributed by atoms with Crippen molar-refractivity contribution in [2.45, 2.75) is 56.7 Å². The van der Waals surface area contributed by atoms with Gasteiger partial charge in [0.15, 0.2) is 0 Å². The Kier molecular flexibility index (Phi) is 8.67. The van der Waals surface area contributed by atoms with E-state index in [4.69, 9.17) is 10.3 Å². The SMILES string of the molecule is CCC(N)(CC)CNC(=O)c1ccccc1SCc1c(C)noc1C.Cl. The molecule has 0 radical (unpaired) electrons. The lowest BCUT2D eigenvalue weighted by Crippen LogP contribution is -2.49. The molecule has 0 unspecified atom stereocenters. The molecule has 2 aromatic rings. The van der Waals surface area contributed by atoms with Crippen molar-refractivity contribution in [1.29, 1.82) is 0 Å². The fourth-order valence-corrected chi connectivity index (χ4v) is 3.69. The van der Waals surface area contributed by atoms with Gasteiger partial charge in [-0.05, 0) is 38.8 Å². The van der Waals surface area contributed by atoms with Crippen LogP contribution in [0.1, 0.15) is 54.1 Å². The fraction of sp³-hybridized carbons (Fsp3) is 0.474. The summed E-state index contributed by atoms with van der Waals surface area (Å²) in [7, 11) is 0. The van der Waals surface area contributed by atoms with Crippen LogP contribution in [0.15, 0.2) is 33.7 Å². The summed E-state index contributed by atoms with van der Waals surface area (Å²) in [5.41, 5.74) is 8.58. The maximum atomic E-state index is 12.6. The average Bonchev–Trinajstić information content (AvgIpc) is 2.96. The van der Waals surface area contributed by atoms with E-state index in [1.807, 2.05) is 52.0 Å². The number of halogens is 1. The Hall–Kier alpha value is -1.50. The monoisotopic (exact) mass is 397 g/mol. The van der Waals surface area contributed by atoms with Gasteiger partial charge in [0.2, 0.25) is 0 Å². The summed E-state index contributed by atoms with van der Waals surface area (Å²) in [6, 6.07) is 7.64. The molecular formula is C19H28ClN3O2S. The molecule has 3 N–H and O–H groups in total.